The van der Waals surface area contributed by atoms with Crippen molar-refractivity contribution in [1.82, 2.24) is 0 Å². The van der Waals surface area contributed by atoms with Crippen molar-refractivity contribution in [1.29, 1.82) is 0 Å². The monoisotopic (exact) mass is 308 g/mol. The Labute approximate surface area is 125 Å². The molecule has 0 aromatic carbocycles. The summed E-state index contributed by atoms with van der Waals surface area (Å²) in [6, 6.07) is 0. The fraction of sp³-hybridized carbons (Fsp3) is 1.00. The molecule has 5 nitrogen and oxygen atoms in total. The number of aliphatic hydroxyl groups is 1. The predicted octanol–water partition coefficient (Wildman–Crippen LogP) is 2.74. The number of hydrogen-bond donors (Lipinski definition) is 1. The molecule has 20 heavy (non-hydrogen) atoms. The van der Waals surface area contributed by atoms with Crippen molar-refractivity contribution in [3.05, 3.63) is 0 Å². The molecule has 0 spiro atoms. The lowest BCUT2D eigenvalue weighted by Crippen LogP contribution is -2.50. The zero-order valence-corrected chi connectivity index (χ0v) is 14.7. The van der Waals surface area contributed by atoms with Crippen LogP contribution in [0.1, 0.15) is 53.9 Å². The summed E-state index contributed by atoms with van der Waals surface area (Å²) in [5.41, 5.74) is 0. The van der Waals surface area contributed by atoms with Crippen LogP contribution in [0.2, 0.25) is 0 Å². The summed E-state index contributed by atoms with van der Waals surface area (Å²) < 4.78 is 22.8. The Balaban J connectivity index is 4.61. The molecule has 0 amide bonds. The van der Waals surface area contributed by atoms with Crippen LogP contribution in [0.25, 0.3) is 0 Å². The first kappa shape index (κ1) is 20.0. The molecule has 0 aliphatic heterocycles. The average molecular weight is 308 g/mol. The van der Waals surface area contributed by atoms with Gasteiger partial charge in [0.05, 0.1) is 6.10 Å². The molecule has 0 aromatic rings. The van der Waals surface area contributed by atoms with Crippen LogP contribution in [0.4, 0.5) is 0 Å². The minimum Gasteiger partial charge on any atom is -0.393 e. The highest BCUT2D eigenvalue weighted by Gasteiger charge is 2.45. The molecule has 6 heteroatoms. The van der Waals surface area contributed by atoms with Crippen LogP contribution in [0.15, 0.2) is 0 Å². The third-order valence-electron chi connectivity index (χ3n) is 3.09. The Bertz CT molecular complexity index is 211. The average Bonchev–Trinajstić information content (AvgIpc) is 2.40. The van der Waals surface area contributed by atoms with E-state index in [0.717, 1.165) is 19.3 Å². The van der Waals surface area contributed by atoms with Crippen LogP contribution in [0.3, 0.4) is 0 Å². The van der Waals surface area contributed by atoms with Crippen molar-refractivity contribution in [2.45, 2.75) is 60.0 Å². The largest absolute Gasteiger partial charge is 0.679 e. The third kappa shape index (κ3) is 7.15. The lowest BCUT2D eigenvalue weighted by molar-refractivity contribution is -0.0462. The summed E-state index contributed by atoms with van der Waals surface area (Å²) in [4.78, 5) is 0. The van der Waals surface area contributed by atoms with E-state index >= 15 is 0 Å². The molecule has 0 fully saturated rings. The summed E-state index contributed by atoms with van der Waals surface area (Å²) >= 11 is 0. The molecule has 122 valence electrons. The topological polar surface area (TPSA) is 57.2 Å². The quantitative estimate of drug-likeness (QED) is 0.530. The first-order valence-electron chi connectivity index (χ1n) is 7.82. The minimum atomic E-state index is -3.05. The third-order valence-corrected chi connectivity index (χ3v) is 5.54. The van der Waals surface area contributed by atoms with Crippen LogP contribution in [-0.4, -0.2) is 46.7 Å². The van der Waals surface area contributed by atoms with Crippen molar-refractivity contribution in [2.24, 2.45) is 5.92 Å². The minimum absolute atomic E-state index is 0.0863. The van der Waals surface area contributed by atoms with Crippen molar-refractivity contribution >= 4 is 9.05 Å². The first-order chi connectivity index (χ1) is 9.59. The molecule has 0 rings (SSSR count). The van der Waals surface area contributed by atoms with Gasteiger partial charge in [0.15, 0.2) is 0 Å². The van der Waals surface area contributed by atoms with Crippen LogP contribution in [0, 0.1) is 5.92 Å². The molecular weight excluding hydrogens is 276 g/mol. The van der Waals surface area contributed by atoms with E-state index in [1.165, 1.54) is 0 Å². The van der Waals surface area contributed by atoms with E-state index in [9.17, 15) is 5.11 Å². The van der Waals surface area contributed by atoms with Crippen LogP contribution >= 0.6 is 0 Å². The van der Waals surface area contributed by atoms with Gasteiger partial charge in [0.1, 0.15) is 0 Å². The maximum Gasteiger partial charge on any atom is 0.679 e. The second kappa shape index (κ2) is 11.7. The second-order valence-electron chi connectivity index (χ2n) is 4.63. The highest BCUT2D eigenvalue weighted by molar-refractivity contribution is 6.53. The van der Waals surface area contributed by atoms with Crippen molar-refractivity contribution in [2.75, 3.05) is 26.4 Å². The van der Waals surface area contributed by atoms with Crippen LogP contribution < -0.4 is 0 Å². The van der Waals surface area contributed by atoms with E-state index in [2.05, 4.69) is 13.8 Å². The van der Waals surface area contributed by atoms with E-state index in [4.69, 9.17) is 17.7 Å². The maximum atomic E-state index is 10.1. The summed E-state index contributed by atoms with van der Waals surface area (Å²) in [7, 11) is -3.05. The molecular formula is C14H32O5Si. The van der Waals surface area contributed by atoms with E-state index in [-0.39, 0.29) is 12.0 Å². The molecule has 0 aliphatic carbocycles. The normalized spacial score (nSPS) is 15.3. The van der Waals surface area contributed by atoms with Crippen LogP contribution in [-0.2, 0) is 17.7 Å². The van der Waals surface area contributed by atoms with Crippen molar-refractivity contribution in [3.63, 3.8) is 0 Å². The number of aliphatic hydroxyl groups excluding tert-OH is 1. The summed E-state index contributed by atoms with van der Waals surface area (Å²) in [5.74, 6) is 0.0863. The van der Waals surface area contributed by atoms with Gasteiger partial charge in [-0.1, -0.05) is 20.3 Å². The van der Waals surface area contributed by atoms with Gasteiger partial charge in [-0.25, -0.2) is 0 Å². The van der Waals surface area contributed by atoms with E-state index in [0.29, 0.717) is 26.4 Å². The van der Waals surface area contributed by atoms with Crippen LogP contribution in [0.5, 0.6) is 0 Å². The summed E-state index contributed by atoms with van der Waals surface area (Å²) in [6.45, 7) is 11.7. The van der Waals surface area contributed by atoms with Gasteiger partial charge in [-0.05, 0) is 33.6 Å². The Kier molecular flexibility index (Phi) is 11.7. The van der Waals surface area contributed by atoms with E-state index < -0.39 is 9.05 Å². The van der Waals surface area contributed by atoms with Crippen molar-refractivity contribution < 1.29 is 22.8 Å². The molecule has 2 unspecified atom stereocenters. The smallest absolute Gasteiger partial charge is 0.393 e. The molecule has 0 heterocycles. The molecule has 0 saturated carbocycles. The zero-order chi connectivity index (χ0) is 15.4. The first-order valence-corrected chi connectivity index (χ1v) is 9.46. The van der Waals surface area contributed by atoms with Gasteiger partial charge < -0.3 is 22.8 Å². The second-order valence-corrected chi connectivity index (χ2v) is 6.79. The zero-order valence-electron chi connectivity index (χ0n) is 13.7. The maximum absolute atomic E-state index is 10.1. The van der Waals surface area contributed by atoms with E-state index in [1.54, 1.807) is 0 Å². The van der Waals surface area contributed by atoms with Gasteiger partial charge in [-0.3, -0.25) is 0 Å². The Morgan fingerprint density at radius 3 is 1.70 bits per heavy atom. The van der Waals surface area contributed by atoms with E-state index in [1.807, 2.05) is 20.8 Å². The molecule has 0 radical (unpaired) electrons. The molecule has 0 bridgehead atoms. The molecule has 2 atom stereocenters. The molecule has 0 aliphatic rings. The predicted molar refractivity (Wildman–Crippen MR) is 81.3 cm³/mol. The highest BCUT2D eigenvalue weighted by atomic mass is 28.4. The van der Waals surface area contributed by atoms with Gasteiger partial charge >= 0.3 is 9.05 Å². The van der Waals surface area contributed by atoms with Gasteiger partial charge in [0.2, 0.25) is 0 Å². The number of hydrogen-bond acceptors (Lipinski definition) is 5. The summed E-state index contributed by atoms with van der Waals surface area (Å²) in [6.07, 6.45) is 2.26. The lowest BCUT2D eigenvalue weighted by Gasteiger charge is -2.29. The summed E-state index contributed by atoms with van der Waals surface area (Å²) in [5, 5.41) is 10.1. The highest BCUT2D eigenvalue weighted by Crippen LogP contribution is 2.19. The fourth-order valence-corrected chi connectivity index (χ4v) is 4.00. The fourth-order valence-electron chi connectivity index (χ4n) is 2.02. The lowest BCUT2D eigenvalue weighted by atomic mass is 9.97. The van der Waals surface area contributed by atoms with Gasteiger partial charge in [0.25, 0.3) is 0 Å². The Morgan fingerprint density at radius 2 is 1.35 bits per heavy atom. The van der Waals surface area contributed by atoms with Crippen molar-refractivity contribution in [3.8, 4) is 0 Å². The molecule has 0 aromatic heterocycles. The standard InChI is InChI=1S/C14H32O5Si/c1-6-11-14(15)13(7-2)12-19-20(16-8-3,17-9-4)18-10-5/h13-15H,6-12H2,1-5H3. The Hall–Kier alpha value is 0.0169. The van der Waals surface area contributed by atoms with Gasteiger partial charge in [0, 0.05) is 32.3 Å². The molecule has 0 saturated heterocycles. The SMILES string of the molecule is CCCC(O)C(CC)CO[Si](OCC)(OCC)OCC. The van der Waals surface area contributed by atoms with Gasteiger partial charge in [-0.15, -0.1) is 0 Å². The van der Waals surface area contributed by atoms with Gasteiger partial charge in [-0.2, -0.15) is 0 Å². The Morgan fingerprint density at radius 1 is 0.850 bits per heavy atom. The molecule has 1 N–H and O–H groups in total. The number of rotatable bonds is 13.